The molecule has 0 spiro atoms. The van der Waals surface area contributed by atoms with Gasteiger partial charge in [-0.2, -0.15) is 0 Å². The second kappa shape index (κ2) is 11.2. The van der Waals surface area contributed by atoms with Crippen LogP contribution in [0.4, 0.5) is 4.79 Å². The molecular weight excluding hydrogens is 390 g/mol. The fourth-order valence-corrected chi connectivity index (χ4v) is 3.98. The van der Waals surface area contributed by atoms with E-state index < -0.39 is 5.60 Å². The molecule has 1 saturated heterocycles. The topological polar surface area (TPSA) is 65.0 Å². The first-order valence-corrected chi connectivity index (χ1v) is 11.2. The second-order valence-electron chi connectivity index (χ2n) is 8.42. The van der Waals surface area contributed by atoms with Gasteiger partial charge in [0.15, 0.2) is 0 Å². The number of carbonyl (C=O) groups excluding carboxylic acids is 1. The van der Waals surface area contributed by atoms with Gasteiger partial charge in [-0.3, -0.25) is 0 Å². The van der Waals surface area contributed by atoms with Crippen molar-refractivity contribution in [2.24, 2.45) is 0 Å². The van der Waals surface area contributed by atoms with E-state index in [9.17, 15) is 9.90 Å². The number of aliphatic hydroxyl groups is 1. The fraction of sp³-hybridized carbons (Fsp3) is 0.480. The maximum atomic E-state index is 12.7. The quantitative estimate of drug-likeness (QED) is 0.646. The Balaban J connectivity index is 1.38. The smallest absolute Gasteiger partial charge is 0.317 e. The van der Waals surface area contributed by atoms with E-state index in [0.29, 0.717) is 32.5 Å². The molecule has 1 aliphatic heterocycles. The lowest BCUT2D eigenvalue weighted by Crippen LogP contribution is -2.49. The number of piperidine rings is 1. The highest BCUT2D eigenvalue weighted by molar-refractivity contribution is 5.74. The maximum absolute atomic E-state index is 12.7. The zero-order chi connectivity index (χ0) is 22.1. The molecule has 1 aliphatic rings. The predicted octanol–water partition coefficient (Wildman–Crippen LogP) is 3.47. The summed E-state index contributed by atoms with van der Waals surface area (Å²) in [5.41, 5.74) is 0.252. The Morgan fingerprint density at radius 3 is 2.32 bits per heavy atom. The van der Waals surface area contributed by atoms with E-state index in [1.165, 1.54) is 0 Å². The summed E-state index contributed by atoms with van der Waals surface area (Å²) in [5.74, 6) is 0.812. The number of hydrogen-bond donors (Lipinski definition) is 2. The van der Waals surface area contributed by atoms with Gasteiger partial charge in [0.1, 0.15) is 12.4 Å². The summed E-state index contributed by atoms with van der Waals surface area (Å²) < 4.78 is 5.74. The van der Waals surface area contributed by atoms with Crippen LogP contribution in [0.5, 0.6) is 5.75 Å². The number of ether oxygens (including phenoxy) is 1. The number of para-hydroxylation sites is 1. The molecule has 0 unspecified atom stereocenters. The third-order valence-corrected chi connectivity index (χ3v) is 5.93. The summed E-state index contributed by atoms with van der Waals surface area (Å²) in [7, 11) is 0. The summed E-state index contributed by atoms with van der Waals surface area (Å²) in [4.78, 5) is 16.8. The number of hydrogen-bond acceptors (Lipinski definition) is 4. The van der Waals surface area contributed by atoms with E-state index in [1.54, 1.807) is 4.90 Å². The van der Waals surface area contributed by atoms with E-state index in [1.807, 2.05) is 74.5 Å². The Morgan fingerprint density at radius 2 is 1.71 bits per heavy atom. The fourth-order valence-electron chi connectivity index (χ4n) is 3.98. The summed E-state index contributed by atoms with van der Waals surface area (Å²) >= 11 is 0. The van der Waals surface area contributed by atoms with Crippen molar-refractivity contribution in [3.8, 4) is 5.75 Å². The van der Waals surface area contributed by atoms with Gasteiger partial charge in [-0.1, -0.05) is 48.5 Å². The molecule has 31 heavy (non-hydrogen) atoms. The van der Waals surface area contributed by atoms with Crippen LogP contribution in [-0.4, -0.2) is 66.3 Å². The number of urea groups is 1. The number of nitrogens with zero attached hydrogens (tertiary/aromatic N) is 2. The minimum atomic E-state index is -0.742. The van der Waals surface area contributed by atoms with Crippen LogP contribution in [-0.2, 0) is 5.60 Å². The molecule has 0 saturated carbocycles. The van der Waals surface area contributed by atoms with Gasteiger partial charge in [0.2, 0.25) is 0 Å². The second-order valence-corrected chi connectivity index (χ2v) is 8.42. The van der Waals surface area contributed by atoms with Crippen molar-refractivity contribution in [2.75, 3.05) is 39.3 Å². The van der Waals surface area contributed by atoms with E-state index in [0.717, 1.165) is 30.9 Å². The van der Waals surface area contributed by atoms with Crippen LogP contribution in [0, 0.1) is 0 Å². The highest BCUT2D eigenvalue weighted by atomic mass is 16.5. The minimum Gasteiger partial charge on any atom is -0.492 e. The van der Waals surface area contributed by atoms with Crippen molar-refractivity contribution in [1.82, 2.24) is 15.1 Å². The third kappa shape index (κ3) is 6.71. The van der Waals surface area contributed by atoms with Gasteiger partial charge in [0.25, 0.3) is 0 Å². The summed E-state index contributed by atoms with van der Waals surface area (Å²) in [6, 6.07) is 19.6. The Morgan fingerprint density at radius 1 is 1.10 bits per heavy atom. The molecule has 0 aromatic heterocycles. The molecule has 0 radical (unpaired) electrons. The third-order valence-electron chi connectivity index (χ3n) is 5.93. The molecule has 1 fully saturated rings. The molecule has 2 amide bonds. The highest BCUT2D eigenvalue weighted by Gasteiger charge is 2.33. The number of benzene rings is 2. The molecule has 2 aromatic carbocycles. The van der Waals surface area contributed by atoms with Crippen molar-refractivity contribution in [1.29, 1.82) is 0 Å². The van der Waals surface area contributed by atoms with E-state index in [2.05, 4.69) is 10.2 Å². The van der Waals surface area contributed by atoms with E-state index in [-0.39, 0.29) is 12.1 Å². The summed E-state index contributed by atoms with van der Waals surface area (Å²) in [5, 5.41) is 14.0. The van der Waals surface area contributed by atoms with Crippen molar-refractivity contribution < 1.29 is 14.6 Å². The van der Waals surface area contributed by atoms with Gasteiger partial charge in [0, 0.05) is 32.2 Å². The molecule has 6 heteroatoms. The minimum absolute atomic E-state index is 0.0653. The van der Waals surface area contributed by atoms with Crippen LogP contribution in [0.3, 0.4) is 0 Å². The average Bonchev–Trinajstić information content (AvgIpc) is 2.79. The van der Waals surface area contributed by atoms with Crippen LogP contribution in [0.1, 0.15) is 32.3 Å². The molecule has 0 atom stereocenters. The lowest BCUT2D eigenvalue weighted by Gasteiger charge is -2.38. The first kappa shape index (κ1) is 23.1. The monoisotopic (exact) mass is 425 g/mol. The lowest BCUT2D eigenvalue weighted by atomic mass is 9.84. The Kier molecular flexibility index (Phi) is 8.32. The molecule has 2 aromatic rings. The predicted molar refractivity (Wildman–Crippen MR) is 123 cm³/mol. The Bertz CT molecular complexity index is 790. The first-order chi connectivity index (χ1) is 15.0. The average molecular weight is 426 g/mol. The largest absolute Gasteiger partial charge is 0.492 e. The van der Waals surface area contributed by atoms with Crippen LogP contribution in [0.15, 0.2) is 60.7 Å². The van der Waals surface area contributed by atoms with Gasteiger partial charge in [-0.15, -0.1) is 0 Å². The van der Waals surface area contributed by atoms with E-state index in [4.69, 9.17) is 4.74 Å². The van der Waals surface area contributed by atoms with Gasteiger partial charge in [0.05, 0.1) is 12.1 Å². The molecular formula is C25H35N3O3. The number of nitrogens with one attached hydrogen (secondary N) is 1. The molecule has 0 bridgehead atoms. The van der Waals surface area contributed by atoms with Crippen molar-refractivity contribution in [2.45, 2.75) is 38.3 Å². The number of rotatable bonds is 9. The van der Waals surface area contributed by atoms with Crippen molar-refractivity contribution >= 4 is 6.03 Å². The first-order valence-electron chi connectivity index (χ1n) is 11.2. The number of amides is 2. The van der Waals surface area contributed by atoms with Gasteiger partial charge < -0.3 is 25.0 Å². The summed E-state index contributed by atoms with van der Waals surface area (Å²) in [6.07, 6.45) is 1.42. The SMILES string of the molecule is CC(C)N(CCOc1ccccc1)C(=O)NCCN1CCC(O)(c2ccccc2)CC1. The highest BCUT2D eigenvalue weighted by Crippen LogP contribution is 2.32. The van der Waals surface area contributed by atoms with Gasteiger partial charge in [-0.05, 0) is 44.4 Å². The van der Waals surface area contributed by atoms with E-state index >= 15 is 0 Å². The van der Waals surface area contributed by atoms with Crippen LogP contribution < -0.4 is 10.1 Å². The normalized spacial score (nSPS) is 16.1. The van der Waals surface area contributed by atoms with Crippen molar-refractivity contribution in [3.63, 3.8) is 0 Å². The standard InChI is InChI=1S/C25H35N3O3/c1-21(2)28(19-20-31-23-11-7-4-8-12-23)24(29)26-15-18-27-16-13-25(30,14-17-27)22-9-5-3-6-10-22/h3-12,21,30H,13-20H2,1-2H3,(H,26,29). The van der Waals surface area contributed by atoms with Crippen LogP contribution in [0.2, 0.25) is 0 Å². The number of carbonyl (C=O) groups is 1. The summed E-state index contributed by atoms with van der Waals surface area (Å²) in [6.45, 7) is 8.02. The lowest BCUT2D eigenvalue weighted by molar-refractivity contribution is -0.0254. The van der Waals surface area contributed by atoms with Gasteiger partial charge in [-0.25, -0.2) is 4.79 Å². The maximum Gasteiger partial charge on any atom is 0.317 e. The molecule has 6 nitrogen and oxygen atoms in total. The Labute approximate surface area is 185 Å². The molecule has 168 valence electrons. The molecule has 1 heterocycles. The van der Waals surface area contributed by atoms with Gasteiger partial charge >= 0.3 is 6.03 Å². The molecule has 0 aliphatic carbocycles. The zero-order valence-corrected chi connectivity index (χ0v) is 18.7. The van der Waals surface area contributed by atoms with Crippen molar-refractivity contribution in [3.05, 3.63) is 66.2 Å². The number of likely N-dealkylation sites (tertiary alicyclic amines) is 1. The zero-order valence-electron chi connectivity index (χ0n) is 18.7. The molecule has 3 rings (SSSR count). The van der Waals surface area contributed by atoms with Crippen LogP contribution in [0.25, 0.3) is 0 Å². The van der Waals surface area contributed by atoms with Crippen LogP contribution >= 0.6 is 0 Å². The molecule has 2 N–H and O–H groups in total. The Hall–Kier alpha value is -2.57.